The van der Waals surface area contributed by atoms with Gasteiger partial charge in [-0.05, 0) is 25.1 Å². The second kappa shape index (κ2) is 8.17. The van der Waals surface area contributed by atoms with Crippen LogP contribution in [0.5, 0.6) is 5.75 Å². The molecular formula is C18H19F3N4O2S. The number of rotatable bonds is 4. The molecule has 0 bridgehead atoms. The van der Waals surface area contributed by atoms with E-state index in [0.717, 1.165) is 0 Å². The number of nitrogens with zero attached hydrogens (tertiary/aromatic N) is 4. The number of ether oxygens (including phenoxy) is 1. The minimum atomic E-state index is -4.77. The highest BCUT2D eigenvalue weighted by Gasteiger charge is 2.31. The van der Waals surface area contributed by atoms with Gasteiger partial charge in [-0.3, -0.25) is 4.21 Å². The van der Waals surface area contributed by atoms with E-state index in [1.807, 2.05) is 11.8 Å². The highest BCUT2D eigenvalue weighted by Crippen LogP contribution is 2.29. The van der Waals surface area contributed by atoms with Crippen LogP contribution >= 0.6 is 0 Å². The van der Waals surface area contributed by atoms with Gasteiger partial charge in [0, 0.05) is 41.0 Å². The minimum Gasteiger partial charge on any atom is -0.406 e. The summed E-state index contributed by atoms with van der Waals surface area (Å²) in [6.45, 7) is 6.80. The summed E-state index contributed by atoms with van der Waals surface area (Å²) in [5.41, 5.74) is 0.973. The first-order chi connectivity index (χ1) is 13.3. The zero-order valence-electron chi connectivity index (χ0n) is 15.1. The van der Waals surface area contributed by atoms with Gasteiger partial charge in [0.2, 0.25) is 0 Å². The molecule has 6 nitrogen and oxygen atoms in total. The third-order valence-electron chi connectivity index (χ3n) is 4.19. The number of aromatic nitrogens is 2. The topological polar surface area (TPSA) is 59.7 Å². The molecule has 2 heterocycles. The van der Waals surface area contributed by atoms with Crippen LogP contribution in [0, 0.1) is 0 Å². The van der Waals surface area contributed by atoms with E-state index in [0.29, 0.717) is 47.5 Å². The maximum Gasteiger partial charge on any atom is 0.573 e. The third-order valence-corrected chi connectivity index (χ3v) is 5.47. The fraction of sp³-hybridized carbons (Fsp3) is 0.333. The van der Waals surface area contributed by atoms with Gasteiger partial charge in [-0.1, -0.05) is 18.7 Å². The van der Waals surface area contributed by atoms with Crippen LogP contribution in [0.2, 0.25) is 0 Å². The van der Waals surface area contributed by atoms with Crippen molar-refractivity contribution in [1.29, 1.82) is 0 Å². The Kier molecular flexibility index (Phi) is 5.87. The molecule has 0 saturated carbocycles. The van der Waals surface area contributed by atoms with Crippen molar-refractivity contribution < 1.29 is 22.1 Å². The lowest BCUT2D eigenvalue weighted by molar-refractivity contribution is -0.274. The van der Waals surface area contributed by atoms with Crippen LogP contribution in [-0.2, 0) is 10.8 Å². The van der Waals surface area contributed by atoms with Crippen molar-refractivity contribution in [3.8, 4) is 17.0 Å². The molecule has 1 aliphatic heterocycles. The molecule has 3 rings (SSSR count). The molecule has 0 amide bonds. The average molecular weight is 412 g/mol. The number of imidazole rings is 1. The Labute approximate surface area is 162 Å². The molecule has 2 aromatic rings. The molecule has 0 N–H and O–H groups in total. The highest BCUT2D eigenvalue weighted by molar-refractivity contribution is 7.85. The zero-order valence-corrected chi connectivity index (χ0v) is 16.0. The van der Waals surface area contributed by atoms with E-state index >= 15 is 0 Å². The quantitative estimate of drug-likeness (QED) is 0.571. The van der Waals surface area contributed by atoms with Crippen molar-refractivity contribution in [3.05, 3.63) is 42.9 Å². The van der Waals surface area contributed by atoms with Gasteiger partial charge in [0.05, 0.1) is 11.9 Å². The van der Waals surface area contributed by atoms with E-state index in [-0.39, 0.29) is 5.75 Å². The first-order valence-electron chi connectivity index (χ1n) is 8.48. The molecule has 1 saturated heterocycles. The number of halogens is 3. The van der Waals surface area contributed by atoms with Gasteiger partial charge in [0.1, 0.15) is 11.6 Å². The summed E-state index contributed by atoms with van der Waals surface area (Å²) in [4.78, 5) is 6.25. The monoisotopic (exact) mass is 412 g/mol. The molecule has 0 atom stereocenters. The second-order valence-corrected chi connectivity index (χ2v) is 7.77. The van der Waals surface area contributed by atoms with Crippen molar-refractivity contribution in [2.45, 2.75) is 13.3 Å². The number of hydrogen-bond donors (Lipinski definition) is 0. The lowest BCUT2D eigenvalue weighted by Crippen LogP contribution is -2.41. The van der Waals surface area contributed by atoms with E-state index in [1.54, 1.807) is 6.07 Å². The standard InChI is InChI=1S/C18H19F3N4O2S/c1-3-17-22-12-16(14-5-4-6-15(11-14)27-18(19,20)21)25(17)23-13(2)24-7-9-28(26)10-8-24/h3-6,11-12H,1,7-10H2,2H3/b23-13+. The lowest BCUT2D eigenvalue weighted by Gasteiger charge is -2.27. The maximum absolute atomic E-state index is 12.5. The van der Waals surface area contributed by atoms with Crippen molar-refractivity contribution in [2.75, 3.05) is 24.6 Å². The minimum absolute atomic E-state index is 0.322. The largest absolute Gasteiger partial charge is 0.573 e. The Morgan fingerprint density at radius 3 is 2.71 bits per heavy atom. The van der Waals surface area contributed by atoms with Crippen LogP contribution in [-0.4, -0.2) is 55.6 Å². The van der Waals surface area contributed by atoms with Gasteiger partial charge < -0.3 is 9.64 Å². The average Bonchev–Trinajstić information content (AvgIpc) is 3.03. The molecule has 1 aromatic carbocycles. The molecule has 0 spiro atoms. The fourth-order valence-corrected chi connectivity index (χ4v) is 3.88. The van der Waals surface area contributed by atoms with Gasteiger partial charge in [0.15, 0.2) is 5.82 Å². The molecule has 10 heteroatoms. The van der Waals surface area contributed by atoms with Crippen LogP contribution in [0.1, 0.15) is 12.7 Å². The molecule has 0 unspecified atom stereocenters. The predicted octanol–water partition coefficient (Wildman–Crippen LogP) is 3.34. The SMILES string of the molecule is C=Cc1ncc(-c2cccc(OC(F)(F)F)c2)n1/N=C(\C)N1CCS(=O)CC1. The highest BCUT2D eigenvalue weighted by atomic mass is 32.2. The number of alkyl halides is 3. The Hall–Kier alpha value is -2.62. The van der Waals surface area contributed by atoms with Crippen LogP contribution in [0.25, 0.3) is 17.3 Å². The summed E-state index contributed by atoms with van der Waals surface area (Å²) in [6, 6.07) is 5.63. The van der Waals surface area contributed by atoms with Crippen LogP contribution in [0.4, 0.5) is 13.2 Å². The first kappa shape index (κ1) is 20.1. The third kappa shape index (κ3) is 4.80. The van der Waals surface area contributed by atoms with E-state index < -0.39 is 17.2 Å². The van der Waals surface area contributed by atoms with Gasteiger partial charge in [0.25, 0.3) is 0 Å². The Bertz CT molecular complexity index is 914. The number of hydrogen-bond acceptors (Lipinski definition) is 4. The Morgan fingerprint density at radius 2 is 2.07 bits per heavy atom. The smallest absolute Gasteiger partial charge is 0.406 e. The van der Waals surface area contributed by atoms with Crippen LogP contribution in [0.3, 0.4) is 0 Å². The maximum atomic E-state index is 12.5. The molecule has 1 fully saturated rings. The Morgan fingerprint density at radius 1 is 1.36 bits per heavy atom. The summed E-state index contributed by atoms with van der Waals surface area (Å²) >= 11 is 0. The number of benzene rings is 1. The summed E-state index contributed by atoms with van der Waals surface area (Å²) in [5, 5.41) is 4.58. The summed E-state index contributed by atoms with van der Waals surface area (Å²) < 4.78 is 54.6. The normalized spacial score (nSPS) is 16.3. The zero-order chi connectivity index (χ0) is 20.3. The summed E-state index contributed by atoms with van der Waals surface area (Å²) in [6.07, 6.45) is -1.73. The summed E-state index contributed by atoms with van der Waals surface area (Å²) in [5.74, 6) is 1.99. The van der Waals surface area contributed by atoms with Crippen molar-refractivity contribution in [3.63, 3.8) is 0 Å². The molecular weight excluding hydrogens is 393 g/mol. The molecule has 1 aromatic heterocycles. The van der Waals surface area contributed by atoms with Crippen molar-refractivity contribution in [2.24, 2.45) is 5.10 Å². The van der Waals surface area contributed by atoms with E-state index in [2.05, 4.69) is 21.4 Å². The first-order valence-corrected chi connectivity index (χ1v) is 9.97. The van der Waals surface area contributed by atoms with Gasteiger partial charge in [-0.15, -0.1) is 13.2 Å². The van der Waals surface area contributed by atoms with Gasteiger partial charge >= 0.3 is 6.36 Å². The lowest BCUT2D eigenvalue weighted by atomic mass is 10.1. The summed E-state index contributed by atoms with van der Waals surface area (Å²) in [7, 11) is -0.805. The molecule has 0 aliphatic carbocycles. The van der Waals surface area contributed by atoms with Gasteiger partial charge in [-0.25, -0.2) is 9.66 Å². The number of amidine groups is 1. The van der Waals surface area contributed by atoms with Crippen LogP contribution in [0.15, 0.2) is 42.1 Å². The molecule has 1 aliphatic rings. The van der Waals surface area contributed by atoms with E-state index in [4.69, 9.17) is 0 Å². The molecule has 28 heavy (non-hydrogen) atoms. The predicted molar refractivity (Wildman–Crippen MR) is 102 cm³/mol. The van der Waals surface area contributed by atoms with Gasteiger partial charge in [-0.2, -0.15) is 5.10 Å². The fourth-order valence-electron chi connectivity index (χ4n) is 2.82. The van der Waals surface area contributed by atoms with Crippen LogP contribution < -0.4 is 4.74 Å². The second-order valence-electron chi connectivity index (χ2n) is 6.08. The molecule has 150 valence electrons. The van der Waals surface area contributed by atoms with E-state index in [9.17, 15) is 17.4 Å². The van der Waals surface area contributed by atoms with Crippen molar-refractivity contribution in [1.82, 2.24) is 14.6 Å². The molecule has 0 radical (unpaired) electrons. The Balaban J connectivity index is 1.95. The van der Waals surface area contributed by atoms with Crippen molar-refractivity contribution >= 4 is 22.7 Å². The van der Waals surface area contributed by atoms with E-state index in [1.165, 1.54) is 35.1 Å².